The van der Waals surface area contributed by atoms with E-state index in [-0.39, 0.29) is 0 Å². The Morgan fingerprint density at radius 1 is 1.50 bits per heavy atom. The monoisotopic (exact) mass is 265 g/mol. The number of amides is 1. The van der Waals surface area contributed by atoms with Gasteiger partial charge in [-0.2, -0.15) is 0 Å². The molecule has 1 aromatic rings. The fourth-order valence-corrected chi connectivity index (χ4v) is 3.23. The van der Waals surface area contributed by atoms with Gasteiger partial charge in [-0.1, -0.05) is 6.07 Å². The maximum atomic E-state index is 10.4. The van der Waals surface area contributed by atoms with Crippen molar-refractivity contribution in [1.82, 2.24) is 10.2 Å². The molecule has 1 atom stereocenters. The highest BCUT2D eigenvalue weighted by Crippen LogP contribution is 2.39. The van der Waals surface area contributed by atoms with Crippen LogP contribution in [0.5, 0.6) is 0 Å². The summed E-state index contributed by atoms with van der Waals surface area (Å²) in [6.07, 6.45) is 0.716. The zero-order chi connectivity index (χ0) is 13.0. The molecular formula is C13H19N3OS. The molecule has 0 fully saturated rings. The van der Waals surface area contributed by atoms with Crippen molar-refractivity contribution in [3.05, 3.63) is 23.8 Å². The first-order chi connectivity index (χ1) is 8.70. The first kappa shape index (κ1) is 13.4. The molecule has 0 aromatic heterocycles. The highest BCUT2D eigenvalue weighted by molar-refractivity contribution is 7.99. The van der Waals surface area contributed by atoms with Gasteiger partial charge in [0.25, 0.3) is 0 Å². The molecule has 0 saturated carbocycles. The number of rotatable bonds is 6. The fraction of sp³-hybridized carbons (Fsp3) is 0.462. The van der Waals surface area contributed by atoms with Gasteiger partial charge < -0.3 is 15.5 Å². The number of carbonyl (C=O) groups excluding carboxylic acids is 1. The van der Waals surface area contributed by atoms with Crippen LogP contribution in [0, 0.1) is 0 Å². The third-order valence-electron chi connectivity index (χ3n) is 2.97. The summed E-state index contributed by atoms with van der Waals surface area (Å²) in [7, 11) is 4.16. The lowest BCUT2D eigenvalue weighted by Crippen LogP contribution is -2.29. The molecule has 0 radical (unpaired) electrons. The summed E-state index contributed by atoms with van der Waals surface area (Å²) in [6, 6.07) is 6.53. The summed E-state index contributed by atoms with van der Waals surface area (Å²) in [5.74, 6) is 1.06. The van der Waals surface area contributed by atoms with Gasteiger partial charge in [0, 0.05) is 35.5 Å². The molecule has 0 aliphatic carbocycles. The first-order valence-corrected chi connectivity index (χ1v) is 7.04. The average Bonchev–Trinajstić information content (AvgIpc) is 2.72. The van der Waals surface area contributed by atoms with Crippen molar-refractivity contribution >= 4 is 23.9 Å². The number of anilines is 1. The molecule has 4 nitrogen and oxygen atoms in total. The van der Waals surface area contributed by atoms with Gasteiger partial charge in [0.2, 0.25) is 6.41 Å². The average molecular weight is 265 g/mol. The predicted molar refractivity (Wildman–Crippen MR) is 76.2 cm³/mol. The van der Waals surface area contributed by atoms with Crippen LogP contribution >= 0.6 is 11.8 Å². The largest absolute Gasteiger partial charge is 0.329 e. The van der Waals surface area contributed by atoms with Crippen LogP contribution in [0.15, 0.2) is 23.1 Å². The van der Waals surface area contributed by atoms with Crippen LogP contribution in [0.4, 0.5) is 5.69 Å². The van der Waals surface area contributed by atoms with E-state index < -0.39 is 0 Å². The summed E-state index contributed by atoms with van der Waals surface area (Å²) in [6.45, 7) is 2.04. The van der Waals surface area contributed by atoms with Crippen LogP contribution in [0.1, 0.15) is 11.6 Å². The number of fused-ring (bicyclic) bond motifs is 1. The second-order valence-corrected chi connectivity index (χ2v) is 5.70. The van der Waals surface area contributed by atoms with Gasteiger partial charge in [0.1, 0.15) is 0 Å². The summed E-state index contributed by atoms with van der Waals surface area (Å²) < 4.78 is 0. The lowest BCUT2D eigenvalue weighted by atomic mass is 10.1. The van der Waals surface area contributed by atoms with Crippen molar-refractivity contribution in [3.63, 3.8) is 0 Å². The Labute approximate surface area is 112 Å². The van der Waals surface area contributed by atoms with Crippen molar-refractivity contribution < 1.29 is 4.79 Å². The number of nitrogens with zero attached hydrogens (tertiary/aromatic N) is 1. The summed E-state index contributed by atoms with van der Waals surface area (Å²) in [5.41, 5.74) is 2.21. The Bertz CT molecular complexity index is 423. The van der Waals surface area contributed by atoms with E-state index in [9.17, 15) is 4.79 Å². The minimum Gasteiger partial charge on any atom is -0.329 e. The number of carbonyl (C=O) groups is 1. The molecule has 1 aromatic carbocycles. The maximum Gasteiger partial charge on any atom is 0.211 e. The van der Waals surface area contributed by atoms with Crippen LogP contribution in [-0.4, -0.2) is 44.2 Å². The molecule has 1 heterocycles. The maximum absolute atomic E-state index is 10.4. The van der Waals surface area contributed by atoms with Crippen LogP contribution < -0.4 is 10.6 Å². The standard InChI is InChI=1S/C13H19N3OS/c1-16(2)6-5-14-12-8-18-13-7-10(15-9-17)3-4-11(12)13/h3-4,7,9,12,14H,5-6,8H2,1-2H3,(H,15,17). The fourth-order valence-electron chi connectivity index (χ4n) is 2.00. The lowest BCUT2D eigenvalue weighted by Gasteiger charge is -2.16. The molecule has 1 aliphatic rings. The van der Waals surface area contributed by atoms with Gasteiger partial charge in [-0.3, -0.25) is 4.79 Å². The van der Waals surface area contributed by atoms with Crippen LogP contribution in [0.2, 0.25) is 0 Å². The van der Waals surface area contributed by atoms with Gasteiger partial charge in [0.05, 0.1) is 0 Å². The number of likely N-dealkylation sites (N-methyl/N-ethyl adjacent to an activating group) is 1. The third-order valence-corrected chi connectivity index (χ3v) is 4.13. The van der Waals surface area contributed by atoms with E-state index in [4.69, 9.17) is 0 Å². The molecule has 18 heavy (non-hydrogen) atoms. The minimum atomic E-state index is 0.426. The van der Waals surface area contributed by atoms with Crippen molar-refractivity contribution in [2.45, 2.75) is 10.9 Å². The number of hydrogen-bond donors (Lipinski definition) is 2. The molecule has 1 amide bonds. The Morgan fingerprint density at radius 3 is 3.06 bits per heavy atom. The van der Waals surface area contributed by atoms with Crippen molar-refractivity contribution in [2.24, 2.45) is 0 Å². The SMILES string of the molecule is CN(C)CCNC1CSc2cc(NC=O)ccc21. The van der Waals surface area contributed by atoms with Crippen LogP contribution in [0.3, 0.4) is 0 Å². The zero-order valence-corrected chi connectivity index (χ0v) is 11.6. The van der Waals surface area contributed by atoms with Crippen molar-refractivity contribution in [3.8, 4) is 0 Å². The lowest BCUT2D eigenvalue weighted by molar-refractivity contribution is -0.105. The Morgan fingerprint density at radius 2 is 2.33 bits per heavy atom. The van der Waals surface area contributed by atoms with E-state index in [1.807, 2.05) is 23.9 Å². The van der Waals surface area contributed by atoms with Crippen molar-refractivity contribution in [2.75, 3.05) is 38.3 Å². The third kappa shape index (κ3) is 3.25. The van der Waals surface area contributed by atoms with Crippen molar-refractivity contribution in [1.29, 1.82) is 0 Å². The topological polar surface area (TPSA) is 44.4 Å². The second kappa shape index (κ2) is 6.22. The summed E-state index contributed by atoms with van der Waals surface area (Å²) in [4.78, 5) is 13.9. The van der Waals surface area contributed by atoms with E-state index in [2.05, 4.69) is 35.7 Å². The minimum absolute atomic E-state index is 0.426. The van der Waals surface area contributed by atoms with Gasteiger partial charge in [0.15, 0.2) is 0 Å². The van der Waals surface area contributed by atoms with E-state index in [1.54, 1.807) is 0 Å². The molecule has 5 heteroatoms. The highest BCUT2D eigenvalue weighted by atomic mass is 32.2. The van der Waals surface area contributed by atoms with Gasteiger partial charge in [-0.15, -0.1) is 11.8 Å². The van der Waals surface area contributed by atoms with Gasteiger partial charge in [-0.25, -0.2) is 0 Å². The predicted octanol–water partition coefficient (Wildman–Crippen LogP) is 1.55. The molecule has 0 spiro atoms. The molecule has 2 rings (SSSR count). The number of benzene rings is 1. The van der Waals surface area contributed by atoms with Gasteiger partial charge in [-0.05, 0) is 31.8 Å². The van der Waals surface area contributed by atoms with Gasteiger partial charge >= 0.3 is 0 Å². The molecular weight excluding hydrogens is 246 g/mol. The molecule has 98 valence electrons. The zero-order valence-electron chi connectivity index (χ0n) is 10.8. The first-order valence-electron chi connectivity index (χ1n) is 6.06. The summed E-state index contributed by atoms with van der Waals surface area (Å²) in [5, 5.41) is 6.26. The Balaban J connectivity index is 1.98. The van der Waals surface area contributed by atoms with E-state index in [0.717, 1.165) is 24.5 Å². The number of hydrogen-bond acceptors (Lipinski definition) is 4. The van der Waals surface area contributed by atoms with Crippen LogP contribution in [0.25, 0.3) is 0 Å². The molecule has 0 bridgehead atoms. The second-order valence-electron chi connectivity index (χ2n) is 4.64. The van der Waals surface area contributed by atoms with E-state index in [1.165, 1.54) is 10.5 Å². The highest BCUT2D eigenvalue weighted by Gasteiger charge is 2.22. The van der Waals surface area contributed by atoms with Crippen LogP contribution in [-0.2, 0) is 4.79 Å². The molecule has 0 saturated heterocycles. The Hall–Kier alpha value is -1.04. The normalized spacial score (nSPS) is 17.8. The number of nitrogens with one attached hydrogen (secondary N) is 2. The summed E-state index contributed by atoms with van der Waals surface area (Å²) >= 11 is 1.84. The smallest absolute Gasteiger partial charge is 0.211 e. The molecule has 1 unspecified atom stereocenters. The molecule has 2 N–H and O–H groups in total. The number of thioether (sulfide) groups is 1. The molecule has 1 aliphatic heterocycles. The van der Waals surface area contributed by atoms with E-state index >= 15 is 0 Å². The quantitative estimate of drug-likeness (QED) is 0.766. The van der Waals surface area contributed by atoms with E-state index in [0.29, 0.717) is 12.5 Å². The Kier molecular flexibility index (Phi) is 4.63.